The first-order chi connectivity index (χ1) is 13.2. The van der Waals surface area contributed by atoms with Crippen LogP contribution in [0.1, 0.15) is 20.7 Å². The van der Waals surface area contributed by atoms with Crippen molar-refractivity contribution in [2.75, 3.05) is 0 Å². The largest absolute Gasteiger partial charge is 0.271 e. The number of aromatic nitrogens is 1. The Morgan fingerprint density at radius 3 is 2.07 bits per heavy atom. The Balaban J connectivity index is 1.79. The Bertz CT molecular complexity index is 1180. The summed E-state index contributed by atoms with van der Waals surface area (Å²) < 4.78 is 2.44. The number of rotatable bonds is 3. The summed E-state index contributed by atoms with van der Waals surface area (Å²) >= 11 is 1.34. The smallest absolute Gasteiger partial charge is 0.268 e. The van der Waals surface area contributed by atoms with E-state index < -0.39 is 0 Å². The van der Waals surface area contributed by atoms with Crippen molar-refractivity contribution in [1.82, 2.24) is 9.99 Å². The van der Waals surface area contributed by atoms with Crippen molar-refractivity contribution in [1.29, 1.82) is 0 Å². The molecule has 4 aromatic rings. The maximum Gasteiger partial charge on any atom is 0.271 e. The number of carbonyl (C=O) groups is 2. The summed E-state index contributed by atoms with van der Waals surface area (Å²) in [6.07, 6.45) is 0. The topological polar surface area (TPSA) is 63.5 Å². The average molecular weight is 373 g/mol. The lowest BCUT2D eigenvalue weighted by atomic mass is 10.2. The van der Waals surface area contributed by atoms with Gasteiger partial charge in [0.1, 0.15) is 0 Å². The van der Waals surface area contributed by atoms with Gasteiger partial charge in [0.25, 0.3) is 11.8 Å². The Morgan fingerprint density at radius 2 is 1.37 bits per heavy atom. The molecule has 0 saturated carbocycles. The summed E-state index contributed by atoms with van der Waals surface area (Å²) in [7, 11) is 0. The lowest BCUT2D eigenvalue weighted by Gasteiger charge is -2.04. The maximum absolute atomic E-state index is 13.1. The number of benzene rings is 3. The minimum absolute atomic E-state index is 0.194. The summed E-state index contributed by atoms with van der Waals surface area (Å²) in [4.78, 5) is 25.8. The first-order valence-electron chi connectivity index (χ1n) is 8.33. The molecule has 0 spiro atoms. The van der Waals surface area contributed by atoms with Gasteiger partial charge in [-0.05, 0) is 36.4 Å². The van der Waals surface area contributed by atoms with E-state index in [1.165, 1.54) is 15.9 Å². The molecule has 0 saturated heterocycles. The van der Waals surface area contributed by atoms with Gasteiger partial charge in [-0.25, -0.2) is 9.99 Å². The zero-order valence-corrected chi connectivity index (χ0v) is 15.0. The van der Waals surface area contributed by atoms with Crippen molar-refractivity contribution in [2.45, 2.75) is 0 Å². The molecule has 1 aromatic heterocycles. The minimum atomic E-state index is -0.327. The molecule has 0 radical (unpaired) electrons. The van der Waals surface area contributed by atoms with E-state index >= 15 is 0 Å². The average Bonchev–Trinajstić information content (AvgIpc) is 3.11. The number of thiazole rings is 1. The molecule has 0 aliphatic heterocycles. The standard InChI is InChI=1S/C21H15N3O2S/c25-19(15-9-3-1-4-10-15)22-23-21-24(17-13-7-8-14-18(17)27-21)20(26)16-11-5-2-6-12-16/h1-14H,(H,22,25)/b23-21+. The highest BCUT2D eigenvalue weighted by Crippen LogP contribution is 2.18. The lowest BCUT2D eigenvalue weighted by Crippen LogP contribution is -2.28. The Kier molecular flexibility index (Phi) is 4.63. The van der Waals surface area contributed by atoms with Crippen molar-refractivity contribution in [3.05, 3.63) is 101 Å². The molecule has 0 bridgehead atoms. The summed E-state index contributed by atoms with van der Waals surface area (Å²) in [5, 5.41) is 4.23. The Hall–Kier alpha value is -3.51. The van der Waals surface area contributed by atoms with E-state index in [-0.39, 0.29) is 11.8 Å². The number of carbonyl (C=O) groups excluding carboxylic acids is 2. The summed E-state index contributed by atoms with van der Waals surface area (Å²) in [5.41, 5.74) is 4.36. The van der Waals surface area contributed by atoms with E-state index in [0.29, 0.717) is 15.9 Å². The van der Waals surface area contributed by atoms with E-state index in [1.54, 1.807) is 36.4 Å². The molecule has 6 heteroatoms. The number of nitrogens with one attached hydrogen (secondary N) is 1. The number of hydrogen-bond donors (Lipinski definition) is 1. The van der Waals surface area contributed by atoms with Gasteiger partial charge in [0.2, 0.25) is 4.80 Å². The number of fused-ring (bicyclic) bond motifs is 1. The molecule has 27 heavy (non-hydrogen) atoms. The van der Waals surface area contributed by atoms with Crippen LogP contribution in [0.4, 0.5) is 0 Å². The molecule has 1 amide bonds. The molecule has 5 nitrogen and oxygen atoms in total. The predicted molar refractivity (Wildman–Crippen MR) is 105 cm³/mol. The highest BCUT2D eigenvalue weighted by Gasteiger charge is 2.15. The van der Waals surface area contributed by atoms with Gasteiger partial charge >= 0.3 is 0 Å². The van der Waals surface area contributed by atoms with Crippen LogP contribution in [-0.2, 0) is 0 Å². The highest BCUT2D eigenvalue weighted by atomic mass is 32.1. The van der Waals surface area contributed by atoms with Crippen molar-refractivity contribution in [3.63, 3.8) is 0 Å². The molecule has 0 aliphatic carbocycles. The fourth-order valence-corrected chi connectivity index (χ4v) is 3.68. The third kappa shape index (κ3) is 3.43. The van der Waals surface area contributed by atoms with Crippen LogP contribution in [0.5, 0.6) is 0 Å². The second kappa shape index (κ2) is 7.39. The van der Waals surface area contributed by atoms with Crippen molar-refractivity contribution in [3.8, 4) is 0 Å². The van der Waals surface area contributed by atoms with E-state index in [0.717, 1.165) is 10.2 Å². The van der Waals surface area contributed by atoms with Crippen LogP contribution in [-0.4, -0.2) is 16.4 Å². The summed E-state index contributed by atoms with van der Waals surface area (Å²) in [6, 6.07) is 25.4. The predicted octanol–water partition coefficient (Wildman–Crippen LogP) is 3.64. The molecule has 0 atom stereocenters. The van der Waals surface area contributed by atoms with Gasteiger partial charge in [-0.2, -0.15) is 0 Å². The third-order valence-corrected chi connectivity index (χ3v) is 5.03. The lowest BCUT2D eigenvalue weighted by molar-refractivity contribution is 0.0939. The molecule has 0 unspecified atom stereocenters. The summed E-state index contributed by atoms with van der Waals surface area (Å²) in [6.45, 7) is 0. The van der Waals surface area contributed by atoms with Gasteiger partial charge in [0.05, 0.1) is 10.2 Å². The number of nitrogens with zero attached hydrogens (tertiary/aromatic N) is 2. The van der Waals surface area contributed by atoms with Gasteiger partial charge < -0.3 is 0 Å². The van der Waals surface area contributed by atoms with Gasteiger partial charge in [-0.3, -0.25) is 9.59 Å². The van der Waals surface area contributed by atoms with E-state index in [2.05, 4.69) is 10.5 Å². The monoisotopic (exact) mass is 373 g/mol. The number of para-hydroxylation sites is 1. The fraction of sp³-hybridized carbons (Fsp3) is 0. The van der Waals surface area contributed by atoms with Crippen LogP contribution in [0.3, 0.4) is 0 Å². The SMILES string of the molecule is O=C(N/N=c1/sc2ccccc2n1C(=O)c1ccccc1)c1ccccc1. The molecule has 4 rings (SSSR count). The first kappa shape index (κ1) is 16.9. The van der Waals surface area contributed by atoms with Crippen LogP contribution in [0, 0.1) is 0 Å². The highest BCUT2D eigenvalue weighted by molar-refractivity contribution is 7.16. The van der Waals surface area contributed by atoms with Gasteiger partial charge in [-0.1, -0.05) is 59.9 Å². The zero-order valence-electron chi connectivity index (χ0n) is 14.2. The maximum atomic E-state index is 13.1. The third-order valence-electron chi connectivity index (χ3n) is 4.01. The number of amides is 1. The van der Waals surface area contributed by atoms with Gasteiger partial charge in [0, 0.05) is 11.1 Å². The van der Waals surface area contributed by atoms with E-state index in [1.807, 2.05) is 48.5 Å². The van der Waals surface area contributed by atoms with Gasteiger partial charge in [-0.15, -0.1) is 5.10 Å². The van der Waals surface area contributed by atoms with Crippen LogP contribution in [0.25, 0.3) is 10.2 Å². The molecule has 1 heterocycles. The number of hydrogen-bond acceptors (Lipinski definition) is 4. The van der Waals surface area contributed by atoms with E-state index in [4.69, 9.17) is 0 Å². The fourth-order valence-electron chi connectivity index (χ4n) is 2.71. The Morgan fingerprint density at radius 1 is 0.778 bits per heavy atom. The summed E-state index contributed by atoms with van der Waals surface area (Å²) in [5.74, 6) is -0.521. The molecule has 132 valence electrons. The van der Waals surface area contributed by atoms with Crippen LogP contribution >= 0.6 is 11.3 Å². The van der Waals surface area contributed by atoms with Gasteiger partial charge in [0.15, 0.2) is 0 Å². The quantitative estimate of drug-likeness (QED) is 0.557. The molecular formula is C21H15N3O2S. The zero-order chi connectivity index (χ0) is 18.6. The second-order valence-electron chi connectivity index (χ2n) is 5.78. The molecule has 1 N–H and O–H groups in total. The second-order valence-corrected chi connectivity index (χ2v) is 6.79. The Labute approximate surface area is 159 Å². The van der Waals surface area contributed by atoms with Crippen molar-refractivity contribution < 1.29 is 9.59 Å². The minimum Gasteiger partial charge on any atom is -0.268 e. The van der Waals surface area contributed by atoms with Crippen molar-refractivity contribution in [2.24, 2.45) is 5.10 Å². The van der Waals surface area contributed by atoms with Crippen LogP contribution in [0.2, 0.25) is 0 Å². The van der Waals surface area contributed by atoms with Crippen LogP contribution < -0.4 is 10.2 Å². The normalized spacial score (nSPS) is 11.5. The molecule has 3 aromatic carbocycles. The molecule has 0 aliphatic rings. The molecule has 0 fully saturated rings. The van der Waals surface area contributed by atoms with Crippen LogP contribution in [0.15, 0.2) is 90.0 Å². The first-order valence-corrected chi connectivity index (χ1v) is 9.15. The van der Waals surface area contributed by atoms with Crippen molar-refractivity contribution >= 4 is 33.4 Å². The van der Waals surface area contributed by atoms with E-state index in [9.17, 15) is 9.59 Å². The molecular weight excluding hydrogens is 358 g/mol.